The molecule has 0 aliphatic carbocycles. The first kappa shape index (κ1) is 18.4. The molecule has 9 heteroatoms. The van der Waals surface area contributed by atoms with Crippen molar-refractivity contribution in [3.8, 4) is 5.75 Å². The number of methoxy groups -OCH3 is 1. The monoisotopic (exact) mass is 407 g/mol. The third kappa shape index (κ3) is 4.54. The first-order chi connectivity index (χ1) is 11.8. The molecule has 130 valence electrons. The Kier molecular flexibility index (Phi) is 5.71. The number of carbonyl (C=O) groups is 2. The van der Waals surface area contributed by atoms with Gasteiger partial charge in [0.1, 0.15) is 5.75 Å². The van der Waals surface area contributed by atoms with Crippen LogP contribution < -0.4 is 15.4 Å². The number of halogens is 1. The molecule has 0 fully saturated rings. The summed E-state index contributed by atoms with van der Waals surface area (Å²) < 4.78 is 5.46. The van der Waals surface area contributed by atoms with E-state index in [1.807, 2.05) is 0 Å². The minimum Gasteiger partial charge on any atom is -0.495 e. The highest BCUT2D eigenvalue weighted by Crippen LogP contribution is 2.30. The largest absolute Gasteiger partial charge is 0.495 e. The molecule has 0 aliphatic rings. The van der Waals surface area contributed by atoms with E-state index in [-0.39, 0.29) is 21.6 Å². The molecule has 2 amide bonds. The van der Waals surface area contributed by atoms with E-state index in [1.165, 1.54) is 38.3 Å². The van der Waals surface area contributed by atoms with E-state index in [9.17, 15) is 19.7 Å². The molecule has 0 unspecified atom stereocenters. The van der Waals surface area contributed by atoms with Crippen LogP contribution in [-0.4, -0.2) is 23.8 Å². The van der Waals surface area contributed by atoms with Gasteiger partial charge in [-0.25, -0.2) is 0 Å². The third-order valence-corrected chi connectivity index (χ3v) is 3.84. The summed E-state index contributed by atoms with van der Waals surface area (Å²) >= 11 is 3.07. The highest BCUT2D eigenvalue weighted by Gasteiger charge is 2.17. The molecule has 0 aliphatic heterocycles. The maximum absolute atomic E-state index is 12.4. The molecule has 0 atom stereocenters. The zero-order valence-electron chi connectivity index (χ0n) is 13.3. The summed E-state index contributed by atoms with van der Waals surface area (Å²) in [6.07, 6.45) is 0. The molecule has 0 saturated carbocycles. The summed E-state index contributed by atoms with van der Waals surface area (Å²) in [4.78, 5) is 34.0. The lowest BCUT2D eigenvalue weighted by atomic mass is 10.1. The van der Waals surface area contributed by atoms with Gasteiger partial charge in [0.15, 0.2) is 0 Å². The third-order valence-electron chi connectivity index (χ3n) is 3.17. The van der Waals surface area contributed by atoms with E-state index in [0.717, 1.165) is 0 Å². The summed E-state index contributed by atoms with van der Waals surface area (Å²) in [6.45, 7) is 1.36. The number of amides is 2. The number of hydrogen-bond acceptors (Lipinski definition) is 5. The Bertz CT molecular complexity index is 854. The van der Waals surface area contributed by atoms with Gasteiger partial charge in [-0.1, -0.05) is 0 Å². The van der Waals surface area contributed by atoms with Crippen LogP contribution in [0.2, 0.25) is 0 Å². The minimum absolute atomic E-state index is 0.113. The Labute approximate surface area is 151 Å². The van der Waals surface area contributed by atoms with E-state index in [4.69, 9.17) is 4.74 Å². The van der Waals surface area contributed by atoms with Crippen LogP contribution in [0.1, 0.15) is 17.3 Å². The second-order valence-corrected chi connectivity index (χ2v) is 5.83. The highest BCUT2D eigenvalue weighted by atomic mass is 79.9. The summed E-state index contributed by atoms with van der Waals surface area (Å²) in [6, 6.07) is 8.80. The maximum atomic E-state index is 12.4. The average Bonchev–Trinajstić information content (AvgIpc) is 2.54. The zero-order valence-corrected chi connectivity index (χ0v) is 14.9. The number of rotatable bonds is 5. The second kappa shape index (κ2) is 7.75. The summed E-state index contributed by atoms with van der Waals surface area (Å²) in [7, 11) is 1.44. The molecule has 0 bridgehead atoms. The number of nitro benzene ring substituents is 1. The van der Waals surface area contributed by atoms with E-state index in [1.54, 1.807) is 12.1 Å². The van der Waals surface area contributed by atoms with Gasteiger partial charge in [-0.15, -0.1) is 0 Å². The Morgan fingerprint density at radius 1 is 1.16 bits per heavy atom. The summed E-state index contributed by atoms with van der Waals surface area (Å²) in [5.41, 5.74) is 0.697. The van der Waals surface area contributed by atoms with Gasteiger partial charge in [0.25, 0.3) is 11.6 Å². The smallest absolute Gasteiger partial charge is 0.284 e. The van der Waals surface area contributed by atoms with Gasteiger partial charge in [0, 0.05) is 24.2 Å². The maximum Gasteiger partial charge on any atom is 0.284 e. The molecule has 2 N–H and O–H groups in total. The van der Waals surface area contributed by atoms with Crippen LogP contribution in [0.4, 0.5) is 17.1 Å². The van der Waals surface area contributed by atoms with Crippen molar-refractivity contribution >= 4 is 44.8 Å². The predicted octanol–water partition coefficient (Wildman–Crippen LogP) is 3.58. The van der Waals surface area contributed by atoms with Gasteiger partial charge in [-0.3, -0.25) is 19.7 Å². The number of carbonyl (C=O) groups excluding carboxylic acids is 2. The molecule has 25 heavy (non-hydrogen) atoms. The van der Waals surface area contributed by atoms with Crippen molar-refractivity contribution in [1.29, 1.82) is 0 Å². The summed E-state index contributed by atoms with van der Waals surface area (Å²) in [5, 5.41) is 16.2. The van der Waals surface area contributed by atoms with Gasteiger partial charge in [-0.05, 0) is 46.3 Å². The van der Waals surface area contributed by atoms with Crippen LogP contribution in [0.3, 0.4) is 0 Å². The Morgan fingerprint density at radius 3 is 2.48 bits per heavy atom. The lowest BCUT2D eigenvalue weighted by Gasteiger charge is -2.12. The minimum atomic E-state index is -0.584. The SMILES string of the molecule is COc1ccc(NC(C)=O)cc1NC(=O)c1ccc(Br)c([N+](=O)[O-])c1. The van der Waals surface area contributed by atoms with E-state index >= 15 is 0 Å². The zero-order chi connectivity index (χ0) is 18.6. The molecule has 0 saturated heterocycles. The lowest BCUT2D eigenvalue weighted by Crippen LogP contribution is -2.14. The molecule has 0 spiro atoms. The van der Waals surface area contributed by atoms with Crippen molar-refractivity contribution in [1.82, 2.24) is 0 Å². The van der Waals surface area contributed by atoms with Crippen LogP contribution in [0.25, 0.3) is 0 Å². The number of hydrogen-bond donors (Lipinski definition) is 2. The molecule has 0 aromatic heterocycles. The van der Waals surface area contributed by atoms with E-state index in [2.05, 4.69) is 26.6 Å². The molecule has 2 aromatic carbocycles. The van der Waals surface area contributed by atoms with Gasteiger partial charge >= 0.3 is 0 Å². The van der Waals surface area contributed by atoms with Crippen molar-refractivity contribution in [3.05, 3.63) is 56.5 Å². The number of anilines is 2. The van der Waals surface area contributed by atoms with Gasteiger partial charge in [0.2, 0.25) is 5.91 Å². The molecule has 0 radical (unpaired) electrons. The summed E-state index contributed by atoms with van der Waals surface area (Å²) in [5.74, 6) is -0.422. The van der Waals surface area contributed by atoms with Crippen molar-refractivity contribution in [2.45, 2.75) is 6.92 Å². The number of nitrogens with one attached hydrogen (secondary N) is 2. The van der Waals surface area contributed by atoms with Crippen LogP contribution in [0.5, 0.6) is 5.75 Å². The topological polar surface area (TPSA) is 111 Å². The van der Waals surface area contributed by atoms with Crippen molar-refractivity contribution in [3.63, 3.8) is 0 Å². The van der Waals surface area contributed by atoms with Crippen LogP contribution in [0.15, 0.2) is 40.9 Å². The van der Waals surface area contributed by atoms with E-state index in [0.29, 0.717) is 17.1 Å². The van der Waals surface area contributed by atoms with E-state index < -0.39 is 10.8 Å². The normalized spacial score (nSPS) is 10.0. The number of nitrogens with zero attached hydrogens (tertiary/aromatic N) is 1. The van der Waals surface area contributed by atoms with Crippen molar-refractivity contribution in [2.75, 3.05) is 17.7 Å². The molecule has 2 aromatic rings. The van der Waals surface area contributed by atoms with Crippen LogP contribution in [0, 0.1) is 10.1 Å². The number of ether oxygens (including phenoxy) is 1. The molecule has 2 rings (SSSR count). The van der Waals surface area contributed by atoms with Gasteiger partial charge in [0.05, 0.1) is 22.2 Å². The number of benzene rings is 2. The Hall–Kier alpha value is -2.94. The van der Waals surface area contributed by atoms with Gasteiger partial charge in [-0.2, -0.15) is 0 Å². The van der Waals surface area contributed by atoms with Crippen LogP contribution in [-0.2, 0) is 4.79 Å². The lowest BCUT2D eigenvalue weighted by molar-refractivity contribution is -0.385. The fourth-order valence-electron chi connectivity index (χ4n) is 2.07. The first-order valence-corrected chi connectivity index (χ1v) is 7.82. The molecule has 0 heterocycles. The predicted molar refractivity (Wildman–Crippen MR) is 96.0 cm³/mol. The highest BCUT2D eigenvalue weighted by molar-refractivity contribution is 9.10. The molecule has 8 nitrogen and oxygen atoms in total. The standard InChI is InChI=1S/C16H14BrN3O5/c1-9(21)18-11-4-6-15(25-2)13(8-11)19-16(22)10-3-5-12(17)14(7-10)20(23)24/h3-8H,1-2H3,(H,18,21)(H,19,22). The molecular formula is C16H14BrN3O5. The Balaban J connectivity index is 2.32. The van der Waals surface area contributed by atoms with Crippen molar-refractivity contribution in [2.24, 2.45) is 0 Å². The quantitative estimate of drug-likeness (QED) is 0.581. The van der Waals surface area contributed by atoms with Crippen LogP contribution >= 0.6 is 15.9 Å². The first-order valence-electron chi connectivity index (χ1n) is 7.02. The van der Waals surface area contributed by atoms with Gasteiger partial charge < -0.3 is 15.4 Å². The fourth-order valence-corrected chi connectivity index (χ4v) is 2.47. The number of nitro groups is 1. The second-order valence-electron chi connectivity index (χ2n) is 4.97. The fraction of sp³-hybridized carbons (Fsp3) is 0.125. The Morgan fingerprint density at radius 2 is 1.88 bits per heavy atom. The molecular weight excluding hydrogens is 394 g/mol. The van der Waals surface area contributed by atoms with Crippen molar-refractivity contribution < 1.29 is 19.2 Å². The average molecular weight is 408 g/mol.